The van der Waals surface area contributed by atoms with Crippen LogP contribution in [0.2, 0.25) is 0 Å². The number of hydrazine groups is 2. The second-order valence-electron chi connectivity index (χ2n) is 4.37. The highest BCUT2D eigenvalue weighted by Crippen LogP contribution is 2.37. The van der Waals surface area contributed by atoms with Gasteiger partial charge in [-0.1, -0.05) is 69.6 Å². The van der Waals surface area contributed by atoms with E-state index in [1.807, 2.05) is 12.1 Å². The summed E-state index contributed by atoms with van der Waals surface area (Å²) in [7, 11) is 1.58. The van der Waals surface area contributed by atoms with Gasteiger partial charge in [-0.3, -0.25) is 0 Å². The van der Waals surface area contributed by atoms with Crippen LogP contribution in [0.25, 0.3) is 5.70 Å². The van der Waals surface area contributed by atoms with Gasteiger partial charge in [0.25, 0.3) is 3.92 Å². The highest BCUT2D eigenvalue weighted by molar-refractivity contribution is 6.68. The smallest absolute Gasteiger partial charge is 0.277 e. The van der Waals surface area contributed by atoms with Gasteiger partial charge in [0, 0.05) is 0 Å². The maximum atomic E-state index is 5.95. The van der Waals surface area contributed by atoms with Crippen molar-refractivity contribution in [3.8, 4) is 5.75 Å². The van der Waals surface area contributed by atoms with Gasteiger partial charge in [0.2, 0.25) is 3.79 Å². The fourth-order valence-electron chi connectivity index (χ4n) is 1.77. The average molecular weight is 426 g/mol. The summed E-state index contributed by atoms with van der Waals surface area (Å²) in [6.07, 6.45) is 1.70. The number of ether oxygens (including phenoxy) is 1. The normalized spacial score (nSPS) is 20.3. The molecule has 1 atom stereocenters. The van der Waals surface area contributed by atoms with E-state index in [0.29, 0.717) is 5.70 Å². The molecular weight excluding hydrogens is 415 g/mol. The molecule has 1 unspecified atom stereocenters. The lowest BCUT2D eigenvalue weighted by atomic mass is 10.1. The largest absolute Gasteiger partial charge is 0.497 e. The lowest BCUT2D eigenvalue weighted by molar-refractivity contribution is 0.117. The van der Waals surface area contributed by atoms with Crippen LogP contribution in [-0.4, -0.2) is 26.0 Å². The molecule has 1 aliphatic rings. The lowest BCUT2D eigenvalue weighted by Crippen LogP contribution is -2.62. The van der Waals surface area contributed by atoms with E-state index in [1.54, 1.807) is 25.3 Å². The quantitative estimate of drug-likeness (QED) is 0.543. The molecule has 1 aliphatic heterocycles. The van der Waals surface area contributed by atoms with Crippen LogP contribution in [0.1, 0.15) is 5.56 Å². The van der Waals surface area contributed by atoms with Crippen LogP contribution < -0.4 is 15.6 Å². The number of nitrogens with zero attached hydrogens (tertiary/aromatic N) is 1. The van der Waals surface area contributed by atoms with Gasteiger partial charge in [0.1, 0.15) is 5.75 Å². The Morgan fingerprint density at radius 3 is 2.09 bits per heavy atom. The van der Waals surface area contributed by atoms with Gasteiger partial charge in [0.05, 0.1) is 18.8 Å². The summed E-state index contributed by atoms with van der Waals surface area (Å²) in [5.41, 5.74) is 7.13. The Bertz CT molecular complexity index is 551. The van der Waals surface area contributed by atoms with E-state index in [-0.39, 0.29) is 0 Å². The summed E-state index contributed by atoms with van der Waals surface area (Å²) in [6, 6.07) is 6.55. The van der Waals surface area contributed by atoms with E-state index in [9.17, 15) is 0 Å². The summed E-state index contributed by atoms with van der Waals surface area (Å²) in [4.78, 5) is 0. The van der Waals surface area contributed by atoms with Crippen molar-refractivity contribution >= 4 is 75.3 Å². The molecule has 0 aromatic heterocycles. The van der Waals surface area contributed by atoms with Gasteiger partial charge in [-0.05, 0) is 35.9 Å². The summed E-state index contributed by atoms with van der Waals surface area (Å²) in [6.45, 7) is 0. The van der Waals surface area contributed by atoms with Gasteiger partial charge in [0.15, 0.2) is 0 Å². The molecule has 1 heterocycles. The summed E-state index contributed by atoms with van der Waals surface area (Å²) in [5, 5.41) is 1.14. The van der Waals surface area contributed by atoms with Crippen LogP contribution in [0.3, 0.4) is 0 Å². The van der Waals surface area contributed by atoms with Crippen LogP contribution in [-0.2, 0) is 0 Å². The van der Waals surface area contributed by atoms with E-state index in [0.717, 1.165) is 16.4 Å². The minimum absolute atomic E-state index is 0.615. The second-order valence-corrected chi connectivity index (χ2v) is 8.96. The van der Waals surface area contributed by atoms with Crippen molar-refractivity contribution in [1.29, 1.82) is 0 Å². The molecule has 22 heavy (non-hydrogen) atoms. The van der Waals surface area contributed by atoms with Crippen molar-refractivity contribution in [2.24, 2.45) is 0 Å². The number of halogens is 6. The fraction of sp³-hybridized carbons (Fsp3) is 0.333. The van der Waals surface area contributed by atoms with Crippen LogP contribution in [0.5, 0.6) is 5.75 Å². The highest BCUT2D eigenvalue weighted by atomic mass is 35.6. The van der Waals surface area contributed by atoms with Crippen molar-refractivity contribution in [1.82, 2.24) is 16.0 Å². The van der Waals surface area contributed by atoms with E-state index in [4.69, 9.17) is 74.3 Å². The van der Waals surface area contributed by atoms with Crippen molar-refractivity contribution in [2.45, 2.75) is 13.8 Å². The van der Waals surface area contributed by atoms with Crippen LogP contribution in [0, 0.1) is 0 Å². The molecule has 0 radical (unpaired) electrons. The van der Waals surface area contributed by atoms with Crippen molar-refractivity contribution < 1.29 is 4.74 Å². The number of nitrogens with one attached hydrogen (secondary N) is 2. The van der Waals surface area contributed by atoms with Gasteiger partial charge in [-0.25, -0.2) is 5.43 Å². The molecule has 0 fully saturated rings. The van der Waals surface area contributed by atoms with E-state index < -0.39 is 13.8 Å². The Balaban J connectivity index is 2.35. The Hall–Kier alpha value is 0.220. The molecule has 0 saturated heterocycles. The molecule has 10 heteroatoms. The second kappa shape index (κ2) is 6.99. The predicted octanol–water partition coefficient (Wildman–Crippen LogP) is 4.43. The molecule has 2 rings (SSSR count). The third-order valence-corrected chi connectivity index (χ3v) is 4.05. The number of benzene rings is 1. The number of hydrogen-bond acceptors (Lipinski definition) is 4. The minimum Gasteiger partial charge on any atom is -0.497 e. The first-order chi connectivity index (χ1) is 10.1. The Morgan fingerprint density at radius 2 is 1.64 bits per heavy atom. The Kier molecular flexibility index (Phi) is 5.90. The SMILES string of the molecule is COc1ccc(C2=CC(C(Cl)(Cl)Cl)NN(C(Cl)(Cl)Cl)N2)cc1. The molecule has 0 amide bonds. The number of rotatable bonds is 2. The number of alkyl halides is 6. The number of hydrogen-bond donors (Lipinski definition) is 2. The molecule has 1 aromatic carbocycles. The average Bonchev–Trinajstić information content (AvgIpc) is 2.45. The summed E-state index contributed by atoms with van der Waals surface area (Å²) >= 11 is 35.5. The first-order valence-electron chi connectivity index (χ1n) is 5.94. The van der Waals surface area contributed by atoms with E-state index in [1.165, 1.54) is 0 Å². The van der Waals surface area contributed by atoms with Gasteiger partial charge < -0.3 is 10.2 Å². The molecule has 4 nitrogen and oxygen atoms in total. The lowest BCUT2D eigenvalue weighted by Gasteiger charge is -2.40. The third-order valence-electron chi connectivity index (χ3n) is 2.84. The van der Waals surface area contributed by atoms with Gasteiger partial charge >= 0.3 is 0 Å². The van der Waals surface area contributed by atoms with Gasteiger partial charge in [-0.15, -0.1) is 5.12 Å². The van der Waals surface area contributed by atoms with Crippen LogP contribution in [0.4, 0.5) is 0 Å². The maximum absolute atomic E-state index is 5.95. The highest BCUT2D eigenvalue weighted by Gasteiger charge is 2.41. The maximum Gasteiger partial charge on any atom is 0.277 e. The zero-order valence-electron chi connectivity index (χ0n) is 11.1. The Labute approximate surface area is 158 Å². The zero-order valence-corrected chi connectivity index (χ0v) is 15.6. The van der Waals surface area contributed by atoms with Crippen molar-refractivity contribution in [2.75, 3.05) is 7.11 Å². The minimum atomic E-state index is -1.79. The van der Waals surface area contributed by atoms with Crippen molar-refractivity contribution in [3.05, 3.63) is 35.9 Å². The molecule has 0 bridgehead atoms. The standard InChI is InChI=1S/C12H11Cl6N3O/c1-22-8-4-2-7(3-5-8)9-6-10(11(13,14)15)20-21(19-9)12(16,17)18/h2-6,10,19-20H,1H3. The van der Waals surface area contributed by atoms with Crippen LogP contribution >= 0.6 is 69.6 Å². The van der Waals surface area contributed by atoms with Crippen LogP contribution in [0.15, 0.2) is 30.3 Å². The van der Waals surface area contributed by atoms with E-state index >= 15 is 0 Å². The molecule has 0 aliphatic carbocycles. The number of methoxy groups -OCH3 is 1. The third kappa shape index (κ3) is 4.62. The molecule has 122 valence electrons. The zero-order chi connectivity index (χ0) is 16.5. The van der Waals surface area contributed by atoms with Crippen molar-refractivity contribution in [3.63, 3.8) is 0 Å². The Morgan fingerprint density at radius 1 is 1.05 bits per heavy atom. The topological polar surface area (TPSA) is 36.5 Å². The van der Waals surface area contributed by atoms with E-state index in [2.05, 4.69) is 10.9 Å². The summed E-state index contributed by atoms with van der Waals surface area (Å²) < 4.78 is 1.70. The summed E-state index contributed by atoms with van der Waals surface area (Å²) in [5.74, 6) is 0.717. The van der Waals surface area contributed by atoms with Gasteiger partial charge in [-0.2, -0.15) is 0 Å². The molecule has 2 N–H and O–H groups in total. The molecule has 0 saturated carbocycles. The predicted molar refractivity (Wildman–Crippen MR) is 93.4 cm³/mol. The fourth-order valence-corrected chi connectivity index (χ4v) is 2.38. The molecule has 0 spiro atoms. The first-order valence-corrected chi connectivity index (χ1v) is 8.21. The first kappa shape index (κ1) is 18.6. The monoisotopic (exact) mass is 423 g/mol. The molecular formula is C12H11Cl6N3O. The molecule has 1 aromatic rings.